The van der Waals surface area contributed by atoms with Gasteiger partial charge in [0.05, 0.1) is 28.7 Å². The zero-order valence-electron chi connectivity index (χ0n) is 15.6. The molecule has 0 unspecified atom stereocenters. The van der Waals surface area contributed by atoms with Crippen LogP contribution in [-0.4, -0.2) is 32.9 Å². The van der Waals surface area contributed by atoms with Gasteiger partial charge in [-0.15, -0.1) is 0 Å². The molecule has 0 spiro atoms. The van der Waals surface area contributed by atoms with Gasteiger partial charge in [0.1, 0.15) is 5.82 Å². The first kappa shape index (κ1) is 18.6. The molecule has 8 nitrogen and oxygen atoms in total. The van der Waals surface area contributed by atoms with Crippen LogP contribution in [0.2, 0.25) is 0 Å². The number of imidazole rings is 1. The Bertz CT molecular complexity index is 1260. The fraction of sp³-hybridized carbons (Fsp3) is 0.200. The average molecular weight is 395 g/mol. The van der Waals surface area contributed by atoms with E-state index in [0.717, 1.165) is 12.8 Å². The Morgan fingerprint density at radius 3 is 2.90 bits per heavy atom. The lowest BCUT2D eigenvalue weighted by atomic mass is 10.0. The van der Waals surface area contributed by atoms with Crippen molar-refractivity contribution in [3.8, 4) is 11.3 Å². The molecule has 0 saturated heterocycles. The van der Waals surface area contributed by atoms with Gasteiger partial charge < -0.3 is 9.72 Å². The molecule has 3 N–H and O–H groups in total. The third-order valence-electron chi connectivity index (χ3n) is 4.46. The number of carbonyl (C=O) groups excluding carboxylic acids is 1. The third kappa shape index (κ3) is 3.79. The zero-order chi connectivity index (χ0) is 20.4. The van der Waals surface area contributed by atoms with Crippen molar-refractivity contribution < 1.29 is 13.9 Å². The first-order valence-electron chi connectivity index (χ1n) is 9.17. The molecule has 2 heterocycles. The Kier molecular flexibility index (Phi) is 4.94. The summed E-state index contributed by atoms with van der Waals surface area (Å²) in [7, 11) is 0. The summed E-state index contributed by atoms with van der Waals surface area (Å²) in [4.78, 5) is 31.1. The lowest BCUT2D eigenvalue weighted by Crippen LogP contribution is -2.15. The second kappa shape index (κ2) is 7.70. The van der Waals surface area contributed by atoms with Crippen LogP contribution in [0.3, 0.4) is 0 Å². The van der Waals surface area contributed by atoms with E-state index in [-0.39, 0.29) is 11.5 Å². The standard InChI is InChI=1S/C20H18FN5O3/c1-2-3-8-29-20(28)24-19-22-15-7-4-11(9-16(15)23-19)17-14-10-12(21)5-6-13(14)18(27)26-25-17/h4-7,9-10H,2-3,8H2,1H3,(H,26,27)(H2,22,23,24,28). The summed E-state index contributed by atoms with van der Waals surface area (Å²) < 4.78 is 18.8. The van der Waals surface area contributed by atoms with Gasteiger partial charge in [-0.2, -0.15) is 5.10 Å². The normalized spacial score (nSPS) is 11.1. The van der Waals surface area contributed by atoms with E-state index in [4.69, 9.17) is 4.74 Å². The molecule has 0 radical (unpaired) electrons. The summed E-state index contributed by atoms with van der Waals surface area (Å²) >= 11 is 0. The van der Waals surface area contributed by atoms with Gasteiger partial charge in [0, 0.05) is 10.9 Å². The number of anilines is 1. The Labute approximate surface area is 164 Å². The number of nitrogens with zero attached hydrogens (tertiary/aromatic N) is 2. The highest BCUT2D eigenvalue weighted by Crippen LogP contribution is 2.27. The number of fused-ring (bicyclic) bond motifs is 2. The van der Waals surface area contributed by atoms with Crippen LogP contribution in [0, 0.1) is 5.82 Å². The van der Waals surface area contributed by atoms with Crippen LogP contribution >= 0.6 is 0 Å². The molecule has 0 aliphatic rings. The van der Waals surface area contributed by atoms with Gasteiger partial charge in [0.25, 0.3) is 5.56 Å². The number of carbonyl (C=O) groups is 1. The molecule has 2 aromatic heterocycles. The highest BCUT2D eigenvalue weighted by molar-refractivity contribution is 5.96. The van der Waals surface area contributed by atoms with Crippen molar-refractivity contribution in [1.82, 2.24) is 20.2 Å². The molecule has 0 aliphatic carbocycles. The molecule has 4 rings (SSSR count). The Hall–Kier alpha value is -3.75. The summed E-state index contributed by atoms with van der Waals surface area (Å²) in [5, 5.41) is 9.84. The predicted molar refractivity (Wildman–Crippen MR) is 107 cm³/mol. The maximum atomic E-state index is 13.7. The highest BCUT2D eigenvalue weighted by Gasteiger charge is 2.13. The molecule has 148 valence electrons. The van der Waals surface area contributed by atoms with Crippen molar-refractivity contribution in [3.05, 3.63) is 52.6 Å². The summed E-state index contributed by atoms with van der Waals surface area (Å²) in [6, 6.07) is 9.21. The van der Waals surface area contributed by atoms with Crippen molar-refractivity contribution in [3.63, 3.8) is 0 Å². The molecule has 2 aromatic carbocycles. The van der Waals surface area contributed by atoms with Gasteiger partial charge in [-0.25, -0.2) is 19.3 Å². The second-order valence-electron chi connectivity index (χ2n) is 6.52. The van der Waals surface area contributed by atoms with Gasteiger partial charge >= 0.3 is 6.09 Å². The summed E-state index contributed by atoms with van der Waals surface area (Å²) in [6.07, 6.45) is 1.14. The van der Waals surface area contributed by atoms with E-state index in [2.05, 4.69) is 25.5 Å². The van der Waals surface area contributed by atoms with Crippen LogP contribution in [0.1, 0.15) is 19.8 Å². The van der Waals surface area contributed by atoms with Gasteiger partial charge in [-0.3, -0.25) is 10.1 Å². The van der Waals surface area contributed by atoms with E-state index in [1.165, 1.54) is 18.2 Å². The lowest BCUT2D eigenvalue weighted by molar-refractivity contribution is 0.159. The summed E-state index contributed by atoms with van der Waals surface area (Å²) in [6.45, 7) is 2.35. The van der Waals surface area contributed by atoms with Crippen molar-refractivity contribution in [1.29, 1.82) is 0 Å². The van der Waals surface area contributed by atoms with Crippen molar-refractivity contribution in [2.24, 2.45) is 0 Å². The minimum absolute atomic E-state index is 0.254. The number of H-pyrrole nitrogens is 2. The quantitative estimate of drug-likeness (QED) is 0.443. The first-order valence-corrected chi connectivity index (χ1v) is 9.17. The number of rotatable bonds is 5. The molecule has 4 aromatic rings. The molecule has 9 heteroatoms. The number of ether oxygens (including phenoxy) is 1. The van der Waals surface area contributed by atoms with E-state index in [1.54, 1.807) is 18.2 Å². The number of nitrogens with one attached hydrogen (secondary N) is 3. The smallest absolute Gasteiger partial charge is 0.413 e. The SMILES string of the molecule is CCCCOC(=O)Nc1nc2ccc(-c3n[nH]c(=O)c4ccc(F)cc34)cc2[nH]1. The molecule has 0 atom stereocenters. The lowest BCUT2D eigenvalue weighted by Gasteiger charge is -2.05. The summed E-state index contributed by atoms with van der Waals surface area (Å²) in [5.74, 6) is -0.203. The van der Waals surface area contributed by atoms with Crippen LogP contribution in [0.25, 0.3) is 33.1 Å². The van der Waals surface area contributed by atoms with Crippen LogP contribution in [0.4, 0.5) is 15.1 Å². The Balaban J connectivity index is 1.67. The monoisotopic (exact) mass is 395 g/mol. The minimum Gasteiger partial charge on any atom is -0.449 e. The van der Waals surface area contributed by atoms with Crippen molar-refractivity contribution in [2.45, 2.75) is 19.8 Å². The largest absolute Gasteiger partial charge is 0.449 e. The second-order valence-corrected chi connectivity index (χ2v) is 6.52. The van der Waals surface area contributed by atoms with Crippen molar-refractivity contribution >= 4 is 33.8 Å². The molecule has 1 amide bonds. The van der Waals surface area contributed by atoms with E-state index in [9.17, 15) is 14.0 Å². The van der Waals surface area contributed by atoms with E-state index >= 15 is 0 Å². The predicted octanol–water partition coefficient (Wildman–Crippen LogP) is 3.95. The average Bonchev–Trinajstić information content (AvgIpc) is 3.09. The number of aromatic amines is 2. The number of aromatic nitrogens is 4. The topological polar surface area (TPSA) is 113 Å². The van der Waals surface area contributed by atoms with Gasteiger partial charge in [-0.1, -0.05) is 19.4 Å². The Morgan fingerprint density at radius 2 is 2.07 bits per heavy atom. The third-order valence-corrected chi connectivity index (χ3v) is 4.46. The minimum atomic E-state index is -0.582. The maximum absolute atomic E-state index is 13.7. The van der Waals surface area contributed by atoms with Gasteiger partial charge in [-0.05, 0) is 36.8 Å². The molecule has 0 aliphatic heterocycles. The zero-order valence-corrected chi connectivity index (χ0v) is 15.6. The van der Waals surface area contributed by atoms with Gasteiger partial charge in [0.15, 0.2) is 0 Å². The van der Waals surface area contributed by atoms with E-state index < -0.39 is 11.9 Å². The molecule has 0 saturated carbocycles. The van der Waals surface area contributed by atoms with Gasteiger partial charge in [0.2, 0.25) is 5.95 Å². The number of amides is 1. The molecular weight excluding hydrogens is 377 g/mol. The fourth-order valence-electron chi connectivity index (χ4n) is 3.02. The number of halogens is 1. The number of hydrogen-bond acceptors (Lipinski definition) is 5. The van der Waals surface area contributed by atoms with Crippen LogP contribution < -0.4 is 10.9 Å². The van der Waals surface area contributed by atoms with E-state index in [0.29, 0.717) is 39.7 Å². The number of hydrogen-bond donors (Lipinski definition) is 3. The molecular formula is C20H18FN5O3. The first-order chi connectivity index (χ1) is 14.0. The maximum Gasteiger partial charge on any atom is 0.413 e. The summed E-state index contributed by atoms with van der Waals surface area (Å²) in [5.41, 5.74) is 1.97. The number of benzene rings is 2. The Morgan fingerprint density at radius 1 is 1.21 bits per heavy atom. The van der Waals surface area contributed by atoms with Crippen LogP contribution in [0.5, 0.6) is 0 Å². The van der Waals surface area contributed by atoms with Crippen LogP contribution in [-0.2, 0) is 4.74 Å². The van der Waals surface area contributed by atoms with E-state index in [1.807, 2.05) is 6.92 Å². The highest BCUT2D eigenvalue weighted by atomic mass is 19.1. The van der Waals surface area contributed by atoms with Crippen LogP contribution in [0.15, 0.2) is 41.2 Å². The van der Waals surface area contributed by atoms with Crippen molar-refractivity contribution in [2.75, 3.05) is 11.9 Å². The molecule has 0 fully saturated rings. The number of unbranched alkanes of at least 4 members (excludes halogenated alkanes) is 1. The molecule has 0 bridgehead atoms. The molecule has 29 heavy (non-hydrogen) atoms. The fourth-order valence-corrected chi connectivity index (χ4v) is 3.02.